The molecule has 2 aromatic rings. The van der Waals surface area contributed by atoms with Crippen LogP contribution in [0.4, 0.5) is 10.5 Å². The molecule has 1 N–H and O–H groups in total. The number of hydrogen-bond donors (Lipinski definition) is 1. The number of methoxy groups -OCH3 is 1. The molecule has 0 heterocycles. The molecule has 0 radical (unpaired) electrons. The first-order valence-electron chi connectivity index (χ1n) is 7.52. The molecule has 0 aliphatic heterocycles. The Morgan fingerprint density at radius 3 is 2.64 bits per heavy atom. The van der Waals surface area contributed by atoms with Crippen LogP contribution < -0.4 is 10.1 Å². The van der Waals surface area contributed by atoms with E-state index in [1.807, 2.05) is 59.5 Å². The summed E-state index contributed by atoms with van der Waals surface area (Å²) in [5.74, 6) is 0.735. The molecule has 1 aliphatic rings. The van der Waals surface area contributed by atoms with Crippen molar-refractivity contribution in [3.8, 4) is 5.75 Å². The molecule has 4 nitrogen and oxygen atoms in total. The monoisotopic (exact) mass is 296 g/mol. The number of rotatable bonds is 5. The number of nitrogens with zero attached hydrogens (tertiary/aromatic N) is 1. The molecule has 4 heteroatoms. The molecule has 1 saturated carbocycles. The highest BCUT2D eigenvalue weighted by Crippen LogP contribution is 2.29. The molecular weight excluding hydrogens is 276 g/mol. The Morgan fingerprint density at radius 2 is 1.95 bits per heavy atom. The van der Waals surface area contributed by atoms with Crippen molar-refractivity contribution >= 4 is 11.7 Å². The average molecular weight is 296 g/mol. The van der Waals surface area contributed by atoms with Gasteiger partial charge >= 0.3 is 6.03 Å². The van der Waals surface area contributed by atoms with E-state index in [0.717, 1.165) is 29.8 Å². The first kappa shape index (κ1) is 14.4. The number of ether oxygens (including phenoxy) is 1. The lowest BCUT2D eigenvalue weighted by Gasteiger charge is -2.23. The summed E-state index contributed by atoms with van der Waals surface area (Å²) >= 11 is 0. The van der Waals surface area contributed by atoms with Gasteiger partial charge in [0.1, 0.15) is 5.75 Å². The Hall–Kier alpha value is -2.49. The van der Waals surface area contributed by atoms with E-state index in [0.29, 0.717) is 12.6 Å². The van der Waals surface area contributed by atoms with E-state index in [2.05, 4.69) is 5.32 Å². The normalized spacial score (nSPS) is 13.5. The molecule has 0 aromatic heterocycles. The Kier molecular flexibility index (Phi) is 4.28. The van der Waals surface area contributed by atoms with Gasteiger partial charge in [0.2, 0.25) is 0 Å². The molecule has 0 atom stereocenters. The zero-order chi connectivity index (χ0) is 15.4. The smallest absolute Gasteiger partial charge is 0.322 e. The van der Waals surface area contributed by atoms with Gasteiger partial charge in [-0.25, -0.2) is 4.79 Å². The zero-order valence-electron chi connectivity index (χ0n) is 12.7. The van der Waals surface area contributed by atoms with Gasteiger partial charge in [-0.1, -0.05) is 36.4 Å². The second-order valence-corrected chi connectivity index (χ2v) is 5.51. The summed E-state index contributed by atoms with van der Waals surface area (Å²) in [6, 6.07) is 17.8. The van der Waals surface area contributed by atoms with Crippen LogP contribution in [-0.4, -0.2) is 24.1 Å². The first-order valence-corrected chi connectivity index (χ1v) is 7.52. The van der Waals surface area contributed by atoms with Crippen molar-refractivity contribution in [3.05, 3.63) is 60.2 Å². The van der Waals surface area contributed by atoms with Crippen molar-refractivity contribution in [2.75, 3.05) is 12.4 Å². The fraction of sp³-hybridized carbons (Fsp3) is 0.278. The molecular formula is C18H20N2O2. The summed E-state index contributed by atoms with van der Waals surface area (Å²) in [6.07, 6.45) is 2.16. The van der Waals surface area contributed by atoms with Crippen LogP contribution in [0.3, 0.4) is 0 Å². The molecule has 0 spiro atoms. The number of carbonyl (C=O) groups excluding carboxylic acids is 1. The Bertz CT molecular complexity index is 639. The molecule has 114 valence electrons. The highest BCUT2D eigenvalue weighted by molar-refractivity contribution is 5.90. The molecule has 0 unspecified atom stereocenters. The maximum Gasteiger partial charge on any atom is 0.322 e. The molecule has 1 aliphatic carbocycles. The Labute approximate surface area is 130 Å². The third kappa shape index (κ3) is 3.58. The maximum atomic E-state index is 12.6. The van der Waals surface area contributed by atoms with Crippen molar-refractivity contribution in [2.24, 2.45) is 0 Å². The van der Waals surface area contributed by atoms with Crippen LogP contribution in [0.2, 0.25) is 0 Å². The van der Waals surface area contributed by atoms with Gasteiger partial charge in [-0.15, -0.1) is 0 Å². The number of urea groups is 1. The van der Waals surface area contributed by atoms with Gasteiger partial charge in [0.25, 0.3) is 0 Å². The lowest BCUT2D eigenvalue weighted by atomic mass is 10.2. The van der Waals surface area contributed by atoms with Gasteiger partial charge in [0.05, 0.1) is 7.11 Å². The van der Waals surface area contributed by atoms with Crippen LogP contribution in [0, 0.1) is 0 Å². The quantitative estimate of drug-likeness (QED) is 0.909. The van der Waals surface area contributed by atoms with Crippen LogP contribution in [-0.2, 0) is 6.54 Å². The number of anilines is 1. The van der Waals surface area contributed by atoms with E-state index in [9.17, 15) is 4.79 Å². The van der Waals surface area contributed by atoms with Crippen LogP contribution in [0.5, 0.6) is 5.75 Å². The average Bonchev–Trinajstić information content (AvgIpc) is 3.38. The number of hydrogen-bond acceptors (Lipinski definition) is 2. The molecule has 22 heavy (non-hydrogen) atoms. The Balaban J connectivity index is 1.70. The summed E-state index contributed by atoms with van der Waals surface area (Å²) in [6.45, 7) is 0.640. The van der Waals surface area contributed by atoms with Crippen molar-refractivity contribution < 1.29 is 9.53 Å². The number of benzene rings is 2. The van der Waals surface area contributed by atoms with E-state index in [4.69, 9.17) is 4.74 Å². The minimum absolute atomic E-state index is 0.0559. The summed E-state index contributed by atoms with van der Waals surface area (Å²) in [7, 11) is 1.62. The first-order chi connectivity index (χ1) is 10.8. The largest absolute Gasteiger partial charge is 0.497 e. The van der Waals surface area contributed by atoms with E-state index < -0.39 is 0 Å². The highest BCUT2D eigenvalue weighted by Gasteiger charge is 2.32. The molecule has 3 rings (SSSR count). The van der Waals surface area contributed by atoms with Gasteiger partial charge in [-0.2, -0.15) is 0 Å². The minimum atomic E-state index is -0.0559. The fourth-order valence-electron chi connectivity index (χ4n) is 2.43. The predicted octanol–water partition coefficient (Wildman–Crippen LogP) is 3.89. The third-order valence-corrected chi connectivity index (χ3v) is 3.77. The molecule has 2 aromatic carbocycles. The van der Waals surface area contributed by atoms with E-state index in [1.54, 1.807) is 7.11 Å². The van der Waals surface area contributed by atoms with Gasteiger partial charge in [0.15, 0.2) is 0 Å². The summed E-state index contributed by atoms with van der Waals surface area (Å²) in [4.78, 5) is 14.5. The van der Waals surface area contributed by atoms with Crippen LogP contribution in [0.15, 0.2) is 54.6 Å². The van der Waals surface area contributed by atoms with Crippen molar-refractivity contribution in [3.63, 3.8) is 0 Å². The topological polar surface area (TPSA) is 41.6 Å². The van der Waals surface area contributed by atoms with Crippen LogP contribution >= 0.6 is 0 Å². The molecule has 0 bridgehead atoms. The van der Waals surface area contributed by atoms with Gasteiger partial charge < -0.3 is 15.0 Å². The van der Waals surface area contributed by atoms with Crippen molar-refractivity contribution in [1.29, 1.82) is 0 Å². The molecule has 1 fully saturated rings. The van der Waals surface area contributed by atoms with Gasteiger partial charge in [-0.3, -0.25) is 0 Å². The lowest BCUT2D eigenvalue weighted by molar-refractivity contribution is 0.206. The third-order valence-electron chi connectivity index (χ3n) is 3.77. The van der Waals surface area contributed by atoms with Crippen molar-refractivity contribution in [2.45, 2.75) is 25.4 Å². The number of carbonyl (C=O) groups is 1. The van der Waals surface area contributed by atoms with E-state index in [1.165, 1.54) is 0 Å². The maximum absolute atomic E-state index is 12.6. The lowest BCUT2D eigenvalue weighted by Crippen LogP contribution is -2.36. The van der Waals surface area contributed by atoms with Gasteiger partial charge in [0, 0.05) is 24.3 Å². The fourth-order valence-corrected chi connectivity index (χ4v) is 2.43. The molecule has 0 saturated heterocycles. The second-order valence-electron chi connectivity index (χ2n) is 5.51. The standard InChI is InChI=1S/C18H20N2O2/c1-22-17-9-5-8-15(12-17)19-18(21)20(16-10-11-16)13-14-6-3-2-4-7-14/h2-9,12,16H,10-11,13H2,1H3,(H,19,21). The predicted molar refractivity (Wildman–Crippen MR) is 87.0 cm³/mol. The minimum Gasteiger partial charge on any atom is -0.497 e. The number of nitrogens with one attached hydrogen (secondary N) is 1. The van der Waals surface area contributed by atoms with Gasteiger partial charge in [-0.05, 0) is 30.5 Å². The number of amides is 2. The summed E-state index contributed by atoms with van der Waals surface area (Å²) in [5, 5.41) is 2.97. The summed E-state index contributed by atoms with van der Waals surface area (Å²) < 4.78 is 5.19. The summed E-state index contributed by atoms with van der Waals surface area (Å²) in [5.41, 5.74) is 1.90. The second kappa shape index (κ2) is 6.52. The SMILES string of the molecule is COc1cccc(NC(=O)N(Cc2ccccc2)C2CC2)c1. The van der Waals surface area contributed by atoms with Crippen LogP contribution in [0.25, 0.3) is 0 Å². The Morgan fingerprint density at radius 1 is 1.18 bits per heavy atom. The van der Waals surface area contributed by atoms with E-state index >= 15 is 0 Å². The molecule has 2 amide bonds. The highest BCUT2D eigenvalue weighted by atomic mass is 16.5. The van der Waals surface area contributed by atoms with Crippen LogP contribution in [0.1, 0.15) is 18.4 Å². The zero-order valence-corrected chi connectivity index (χ0v) is 12.7. The van der Waals surface area contributed by atoms with E-state index in [-0.39, 0.29) is 6.03 Å². The van der Waals surface area contributed by atoms with Crippen molar-refractivity contribution in [1.82, 2.24) is 4.90 Å².